The summed E-state index contributed by atoms with van der Waals surface area (Å²) in [6.45, 7) is 6.93. The Hall–Kier alpha value is -1.36. The van der Waals surface area contributed by atoms with E-state index in [1.807, 2.05) is 13.8 Å². The number of hydrogen-bond donors (Lipinski definition) is 3. The Morgan fingerprint density at radius 3 is 2.56 bits per heavy atom. The molecule has 5 heteroatoms. The lowest BCUT2D eigenvalue weighted by molar-refractivity contribution is 0.281. The van der Waals surface area contributed by atoms with Gasteiger partial charge in [-0.1, -0.05) is 0 Å². The number of nitrogens with one attached hydrogen (secondary N) is 2. The molecular formula is C13H22N4O. The maximum absolute atomic E-state index is 9.13. The summed E-state index contributed by atoms with van der Waals surface area (Å²) in [5, 5.41) is 15.6. The summed E-state index contributed by atoms with van der Waals surface area (Å²) in [6.07, 6.45) is 2.37. The first-order chi connectivity index (χ1) is 8.65. The molecule has 0 aliphatic heterocycles. The van der Waals surface area contributed by atoms with Crippen LogP contribution in [0.25, 0.3) is 0 Å². The van der Waals surface area contributed by atoms with Gasteiger partial charge in [0.1, 0.15) is 17.5 Å². The SMILES string of the molecule is CCNc1nc(C2CC2)nc(NC(C)CO)c1C. The fourth-order valence-electron chi connectivity index (χ4n) is 1.82. The molecule has 5 nitrogen and oxygen atoms in total. The van der Waals surface area contributed by atoms with Crippen LogP contribution in [0.4, 0.5) is 11.6 Å². The lowest BCUT2D eigenvalue weighted by Crippen LogP contribution is -2.22. The Morgan fingerprint density at radius 1 is 1.33 bits per heavy atom. The van der Waals surface area contributed by atoms with E-state index in [0.29, 0.717) is 5.92 Å². The molecule has 0 radical (unpaired) electrons. The highest BCUT2D eigenvalue weighted by Gasteiger charge is 2.28. The molecule has 0 spiro atoms. The Balaban J connectivity index is 2.29. The first-order valence-electron chi connectivity index (χ1n) is 6.65. The summed E-state index contributed by atoms with van der Waals surface area (Å²) < 4.78 is 0. The summed E-state index contributed by atoms with van der Waals surface area (Å²) in [5.74, 6) is 3.18. The number of aromatic nitrogens is 2. The number of hydrogen-bond acceptors (Lipinski definition) is 5. The number of rotatable bonds is 6. The number of nitrogens with zero attached hydrogens (tertiary/aromatic N) is 2. The highest BCUT2D eigenvalue weighted by Crippen LogP contribution is 2.39. The zero-order chi connectivity index (χ0) is 13.1. The molecule has 1 aliphatic rings. The average molecular weight is 250 g/mol. The van der Waals surface area contributed by atoms with Crippen LogP contribution in [0.3, 0.4) is 0 Å². The second kappa shape index (κ2) is 5.52. The number of anilines is 2. The molecule has 0 saturated heterocycles. The van der Waals surface area contributed by atoms with Crippen LogP contribution < -0.4 is 10.6 Å². The zero-order valence-electron chi connectivity index (χ0n) is 11.3. The van der Waals surface area contributed by atoms with E-state index in [2.05, 4.69) is 27.5 Å². The second-order valence-corrected chi connectivity index (χ2v) is 4.94. The van der Waals surface area contributed by atoms with Gasteiger partial charge in [0.05, 0.1) is 6.61 Å². The Morgan fingerprint density at radius 2 is 2.00 bits per heavy atom. The average Bonchev–Trinajstić information content (AvgIpc) is 3.18. The molecule has 1 aromatic rings. The van der Waals surface area contributed by atoms with Crippen LogP contribution in [0.15, 0.2) is 0 Å². The van der Waals surface area contributed by atoms with Gasteiger partial charge in [0.15, 0.2) is 0 Å². The van der Waals surface area contributed by atoms with Crippen LogP contribution in [0.1, 0.15) is 44.0 Å². The number of aliphatic hydroxyl groups is 1. The van der Waals surface area contributed by atoms with Gasteiger partial charge >= 0.3 is 0 Å². The highest BCUT2D eigenvalue weighted by atomic mass is 16.3. The van der Waals surface area contributed by atoms with Crippen LogP contribution >= 0.6 is 0 Å². The van der Waals surface area contributed by atoms with E-state index in [-0.39, 0.29) is 12.6 Å². The topological polar surface area (TPSA) is 70.1 Å². The minimum absolute atomic E-state index is 0.000120. The largest absolute Gasteiger partial charge is 0.394 e. The Labute approximate surface area is 108 Å². The molecular weight excluding hydrogens is 228 g/mol. The fraction of sp³-hybridized carbons (Fsp3) is 0.692. The summed E-state index contributed by atoms with van der Waals surface area (Å²) in [5.41, 5.74) is 1.02. The molecule has 1 unspecified atom stereocenters. The fourth-order valence-corrected chi connectivity index (χ4v) is 1.82. The normalized spacial score (nSPS) is 16.4. The van der Waals surface area contributed by atoms with Gasteiger partial charge in [-0.3, -0.25) is 0 Å². The molecule has 0 amide bonds. The van der Waals surface area contributed by atoms with E-state index in [9.17, 15) is 0 Å². The van der Waals surface area contributed by atoms with Gasteiger partial charge in [-0.05, 0) is 33.6 Å². The summed E-state index contributed by atoms with van der Waals surface area (Å²) in [6, 6.07) is 0.000120. The van der Waals surface area contributed by atoms with E-state index < -0.39 is 0 Å². The quantitative estimate of drug-likeness (QED) is 0.719. The van der Waals surface area contributed by atoms with Crippen molar-refractivity contribution >= 4 is 11.6 Å². The van der Waals surface area contributed by atoms with E-state index >= 15 is 0 Å². The smallest absolute Gasteiger partial charge is 0.136 e. The Kier molecular flexibility index (Phi) is 4.01. The van der Waals surface area contributed by atoms with Crippen molar-refractivity contribution in [2.24, 2.45) is 0 Å². The van der Waals surface area contributed by atoms with E-state index in [1.54, 1.807) is 0 Å². The molecule has 1 heterocycles. The minimum Gasteiger partial charge on any atom is -0.394 e. The predicted molar refractivity (Wildman–Crippen MR) is 73.1 cm³/mol. The van der Waals surface area contributed by atoms with Crippen LogP contribution in [0, 0.1) is 6.92 Å². The van der Waals surface area contributed by atoms with Crippen molar-refractivity contribution in [2.75, 3.05) is 23.8 Å². The highest BCUT2D eigenvalue weighted by molar-refractivity contribution is 5.58. The van der Waals surface area contributed by atoms with Crippen LogP contribution in [-0.4, -0.2) is 34.3 Å². The van der Waals surface area contributed by atoms with Gasteiger partial charge in [-0.25, -0.2) is 9.97 Å². The molecule has 1 atom stereocenters. The van der Waals surface area contributed by atoms with Gasteiger partial charge in [0.2, 0.25) is 0 Å². The third-order valence-electron chi connectivity index (χ3n) is 3.11. The monoisotopic (exact) mass is 250 g/mol. The van der Waals surface area contributed by atoms with Crippen molar-refractivity contribution in [1.82, 2.24) is 9.97 Å². The standard InChI is InChI=1S/C13H22N4O/c1-4-14-11-9(3)12(15-8(2)7-18)17-13(16-11)10-5-6-10/h8,10,18H,4-7H2,1-3H3,(H2,14,15,16,17). The molecule has 1 aromatic heterocycles. The molecule has 100 valence electrons. The zero-order valence-corrected chi connectivity index (χ0v) is 11.3. The maximum atomic E-state index is 9.13. The maximum Gasteiger partial charge on any atom is 0.136 e. The van der Waals surface area contributed by atoms with Crippen molar-refractivity contribution in [2.45, 2.75) is 45.6 Å². The molecule has 1 saturated carbocycles. The van der Waals surface area contributed by atoms with Crippen molar-refractivity contribution < 1.29 is 5.11 Å². The molecule has 1 aliphatic carbocycles. The lowest BCUT2D eigenvalue weighted by Gasteiger charge is -2.17. The van der Waals surface area contributed by atoms with Gasteiger partial charge < -0.3 is 15.7 Å². The van der Waals surface area contributed by atoms with Crippen LogP contribution in [0.2, 0.25) is 0 Å². The van der Waals surface area contributed by atoms with Gasteiger partial charge in [-0.15, -0.1) is 0 Å². The first kappa shape index (κ1) is 13.1. The van der Waals surface area contributed by atoms with Crippen LogP contribution in [-0.2, 0) is 0 Å². The van der Waals surface area contributed by atoms with Gasteiger partial charge in [-0.2, -0.15) is 0 Å². The van der Waals surface area contributed by atoms with Crippen molar-refractivity contribution in [1.29, 1.82) is 0 Å². The van der Waals surface area contributed by atoms with Gasteiger partial charge in [0, 0.05) is 24.1 Å². The molecule has 1 fully saturated rings. The molecule has 2 rings (SSSR count). The van der Waals surface area contributed by atoms with E-state index in [4.69, 9.17) is 5.11 Å². The summed E-state index contributed by atoms with van der Waals surface area (Å²) in [4.78, 5) is 9.18. The van der Waals surface area contributed by atoms with Crippen LogP contribution in [0.5, 0.6) is 0 Å². The Bertz CT molecular complexity index is 418. The van der Waals surface area contributed by atoms with Crippen molar-refractivity contribution in [3.63, 3.8) is 0 Å². The number of aliphatic hydroxyl groups excluding tert-OH is 1. The van der Waals surface area contributed by atoms with Gasteiger partial charge in [0.25, 0.3) is 0 Å². The molecule has 0 bridgehead atoms. The predicted octanol–water partition coefficient (Wildman–Crippen LogP) is 1.89. The molecule has 0 aromatic carbocycles. The molecule has 18 heavy (non-hydrogen) atoms. The minimum atomic E-state index is 0.000120. The third kappa shape index (κ3) is 2.90. The lowest BCUT2D eigenvalue weighted by atomic mass is 10.2. The summed E-state index contributed by atoms with van der Waals surface area (Å²) in [7, 11) is 0. The van der Waals surface area contributed by atoms with E-state index in [0.717, 1.165) is 29.6 Å². The first-order valence-corrected chi connectivity index (χ1v) is 6.65. The summed E-state index contributed by atoms with van der Waals surface area (Å²) >= 11 is 0. The second-order valence-electron chi connectivity index (χ2n) is 4.94. The van der Waals surface area contributed by atoms with E-state index in [1.165, 1.54) is 12.8 Å². The third-order valence-corrected chi connectivity index (χ3v) is 3.11. The molecule has 3 N–H and O–H groups in total. The van der Waals surface area contributed by atoms with Crippen molar-refractivity contribution in [3.05, 3.63) is 11.4 Å². The van der Waals surface area contributed by atoms with Crippen molar-refractivity contribution in [3.8, 4) is 0 Å².